The van der Waals surface area contributed by atoms with E-state index in [2.05, 4.69) is 30.9 Å². The lowest BCUT2D eigenvalue weighted by Crippen LogP contribution is -2.36. The van der Waals surface area contributed by atoms with Crippen LogP contribution >= 0.6 is 0 Å². The zero-order valence-electron chi connectivity index (χ0n) is 12.0. The Balaban J connectivity index is 1.66. The van der Waals surface area contributed by atoms with Gasteiger partial charge in [-0.25, -0.2) is 4.98 Å². The van der Waals surface area contributed by atoms with Crippen LogP contribution in [-0.4, -0.2) is 36.1 Å². The van der Waals surface area contributed by atoms with Gasteiger partial charge in [-0.15, -0.1) is 4.99 Å². The number of aliphatic imine (C=N–C) groups is 1. The van der Waals surface area contributed by atoms with Gasteiger partial charge in [0.15, 0.2) is 0 Å². The van der Waals surface area contributed by atoms with Crippen LogP contribution in [0, 0.1) is 11.5 Å². The zero-order valence-corrected chi connectivity index (χ0v) is 12.0. The SMILES string of the molecule is CNC(=NC#N)NCCCNCc1nc2ccccc2[nH]1. The summed E-state index contributed by atoms with van der Waals surface area (Å²) in [6.45, 7) is 2.31. The summed E-state index contributed by atoms with van der Waals surface area (Å²) in [5, 5.41) is 17.6. The van der Waals surface area contributed by atoms with Crippen LogP contribution in [0.1, 0.15) is 12.2 Å². The molecule has 7 nitrogen and oxygen atoms in total. The van der Waals surface area contributed by atoms with Crippen molar-refractivity contribution in [1.82, 2.24) is 25.9 Å². The van der Waals surface area contributed by atoms with E-state index in [9.17, 15) is 0 Å². The molecule has 0 saturated carbocycles. The van der Waals surface area contributed by atoms with E-state index in [1.54, 1.807) is 13.2 Å². The van der Waals surface area contributed by atoms with Crippen LogP contribution in [0.5, 0.6) is 0 Å². The maximum absolute atomic E-state index is 8.45. The van der Waals surface area contributed by atoms with E-state index in [-0.39, 0.29) is 0 Å². The summed E-state index contributed by atoms with van der Waals surface area (Å²) >= 11 is 0. The lowest BCUT2D eigenvalue weighted by atomic mass is 10.3. The lowest BCUT2D eigenvalue weighted by molar-refractivity contribution is 0.625. The van der Waals surface area contributed by atoms with Gasteiger partial charge in [0.2, 0.25) is 12.2 Å². The van der Waals surface area contributed by atoms with Crippen LogP contribution in [0.25, 0.3) is 11.0 Å². The maximum atomic E-state index is 8.45. The number of nitriles is 1. The summed E-state index contributed by atoms with van der Waals surface area (Å²) in [5.41, 5.74) is 2.05. The Kier molecular flexibility index (Phi) is 5.55. The van der Waals surface area contributed by atoms with Gasteiger partial charge in [0.25, 0.3) is 0 Å². The van der Waals surface area contributed by atoms with Crippen molar-refractivity contribution in [2.45, 2.75) is 13.0 Å². The summed E-state index contributed by atoms with van der Waals surface area (Å²) < 4.78 is 0. The van der Waals surface area contributed by atoms with E-state index in [4.69, 9.17) is 5.26 Å². The second-order valence-corrected chi connectivity index (χ2v) is 4.47. The fraction of sp³-hybridized carbons (Fsp3) is 0.357. The Morgan fingerprint density at radius 1 is 1.38 bits per heavy atom. The first kappa shape index (κ1) is 14.8. The molecule has 0 unspecified atom stereocenters. The molecule has 1 aromatic carbocycles. The van der Waals surface area contributed by atoms with Crippen LogP contribution in [0.3, 0.4) is 0 Å². The number of hydrogen-bond acceptors (Lipinski definition) is 4. The average Bonchev–Trinajstić information content (AvgIpc) is 2.92. The molecule has 0 amide bonds. The third-order valence-corrected chi connectivity index (χ3v) is 2.95. The number of nitrogens with one attached hydrogen (secondary N) is 4. The molecule has 2 aromatic rings. The number of H-pyrrole nitrogens is 1. The van der Waals surface area contributed by atoms with E-state index in [0.717, 1.165) is 36.4 Å². The summed E-state index contributed by atoms with van der Waals surface area (Å²) in [7, 11) is 1.73. The lowest BCUT2D eigenvalue weighted by Gasteiger charge is -2.07. The highest BCUT2D eigenvalue weighted by atomic mass is 15.2. The van der Waals surface area contributed by atoms with E-state index in [1.165, 1.54) is 0 Å². The molecule has 0 aliphatic carbocycles. The highest BCUT2D eigenvalue weighted by Crippen LogP contribution is 2.09. The van der Waals surface area contributed by atoms with Gasteiger partial charge in [-0.05, 0) is 25.1 Å². The highest BCUT2D eigenvalue weighted by molar-refractivity contribution is 5.80. The molecule has 110 valence electrons. The van der Waals surface area contributed by atoms with Gasteiger partial charge in [0, 0.05) is 13.6 Å². The van der Waals surface area contributed by atoms with Crippen molar-refractivity contribution < 1.29 is 0 Å². The van der Waals surface area contributed by atoms with E-state index in [1.807, 2.05) is 24.3 Å². The van der Waals surface area contributed by atoms with Crippen LogP contribution in [0.15, 0.2) is 29.3 Å². The number of fused-ring (bicyclic) bond motifs is 1. The quantitative estimate of drug-likeness (QED) is 0.271. The molecule has 2 rings (SSSR count). The molecule has 0 bridgehead atoms. The van der Waals surface area contributed by atoms with Gasteiger partial charge in [-0.3, -0.25) is 0 Å². The number of imidazole rings is 1. The van der Waals surface area contributed by atoms with Crippen LogP contribution in [0.2, 0.25) is 0 Å². The third kappa shape index (κ3) is 4.47. The third-order valence-electron chi connectivity index (χ3n) is 2.95. The number of rotatable bonds is 6. The van der Waals surface area contributed by atoms with Crippen LogP contribution in [-0.2, 0) is 6.54 Å². The highest BCUT2D eigenvalue weighted by Gasteiger charge is 2.01. The van der Waals surface area contributed by atoms with Gasteiger partial charge >= 0.3 is 0 Å². The van der Waals surface area contributed by atoms with E-state index >= 15 is 0 Å². The minimum atomic E-state index is 0.495. The topological polar surface area (TPSA) is 101 Å². The fourth-order valence-corrected chi connectivity index (χ4v) is 1.95. The number of nitrogens with zero attached hydrogens (tertiary/aromatic N) is 3. The Morgan fingerprint density at radius 2 is 2.24 bits per heavy atom. The Morgan fingerprint density at radius 3 is 3.00 bits per heavy atom. The minimum Gasteiger partial charge on any atom is -0.359 e. The normalized spacial score (nSPS) is 11.3. The first-order valence-electron chi connectivity index (χ1n) is 6.86. The van der Waals surface area contributed by atoms with Crippen molar-refractivity contribution in [2.75, 3.05) is 20.1 Å². The molecular weight excluding hydrogens is 266 g/mol. The largest absolute Gasteiger partial charge is 0.359 e. The molecule has 0 atom stereocenters. The Hall–Kier alpha value is -2.59. The number of aromatic amines is 1. The van der Waals surface area contributed by atoms with Crippen molar-refractivity contribution in [2.24, 2.45) is 4.99 Å². The second-order valence-electron chi connectivity index (χ2n) is 4.47. The molecule has 0 aliphatic rings. The molecule has 1 heterocycles. The molecule has 0 radical (unpaired) electrons. The standard InChI is InChI=1S/C14H19N7/c1-16-14(19-10-15)18-8-4-7-17-9-13-20-11-5-2-3-6-12(11)21-13/h2-3,5-6,17H,4,7-9H2,1H3,(H,20,21)(H2,16,18,19). The summed E-state index contributed by atoms with van der Waals surface area (Å²) in [6, 6.07) is 7.98. The summed E-state index contributed by atoms with van der Waals surface area (Å²) in [6.07, 6.45) is 2.66. The Bertz CT molecular complexity index is 605. The second kappa shape index (κ2) is 7.87. The van der Waals surface area contributed by atoms with E-state index < -0.39 is 0 Å². The van der Waals surface area contributed by atoms with Crippen molar-refractivity contribution in [3.05, 3.63) is 30.1 Å². The smallest absolute Gasteiger partial charge is 0.209 e. The van der Waals surface area contributed by atoms with Crippen molar-refractivity contribution in [3.63, 3.8) is 0 Å². The Labute approximate surface area is 123 Å². The predicted molar refractivity (Wildman–Crippen MR) is 82.5 cm³/mol. The monoisotopic (exact) mass is 285 g/mol. The molecule has 0 spiro atoms. The fourth-order valence-electron chi connectivity index (χ4n) is 1.95. The van der Waals surface area contributed by atoms with Gasteiger partial charge in [0.1, 0.15) is 5.82 Å². The molecule has 0 aliphatic heterocycles. The predicted octanol–water partition coefficient (Wildman–Crippen LogP) is 0.689. The van der Waals surface area contributed by atoms with Gasteiger partial charge in [0.05, 0.1) is 17.6 Å². The van der Waals surface area contributed by atoms with Crippen LogP contribution < -0.4 is 16.0 Å². The number of hydrogen-bond donors (Lipinski definition) is 4. The summed E-state index contributed by atoms with van der Waals surface area (Å²) in [4.78, 5) is 11.4. The maximum Gasteiger partial charge on any atom is 0.209 e. The minimum absolute atomic E-state index is 0.495. The first-order chi connectivity index (χ1) is 10.3. The number of benzene rings is 1. The van der Waals surface area contributed by atoms with Crippen LogP contribution in [0.4, 0.5) is 0 Å². The van der Waals surface area contributed by atoms with E-state index in [0.29, 0.717) is 12.5 Å². The molecule has 4 N–H and O–H groups in total. The number of guanidine groups is 1. The van der Waals surface area contributed by atoms with Gasteiger partial charge < -0.3 is 20.9 Å². The van der Waals surface area contributed by atoms with Gasteiger partial charge in [-0.2, -0.15) is 5.26 Å². The first-order valence-corrected chi connectivity index (χ1v) is 6.86. The van der Waals surface area contributed by atoms with Crippen molar-refractivity contribution in [1.29, 1.82) is 5.26 Å². The molecule has 0 fully saturated rings. The molecule has 21 heavy (non-hydrogen) atoms. The molecule has 7 heteroatoms. The average molecular weight is 285 g/mol. The summed E-state index contributed by atoms with van der Waals surface area (Å²) in [5.74, 6) is 1.43. The number of para-hydroxylation sites is 2. The molecule has 0 saturated heterocycles. The zero-order chi connectivity index (χ0) is 14.9. The number of aromatic nitrogens is 2. The van der Waals surface area contributed by atoms with Gasteiger partial charge in [-0.1, -0.05) is 12.1 Å². The molecule has 1 aromatic heterocycles. The van der Waals surface area contributed by atoms with Crippen molar-refractivity contribution >= 4 is 17.0 Å². The molecular formula is C14H19N7. The van der Waals surface area contributed by atoms with Crippen molar-refractivity contribution in [3.8, 4) is 6.19 Å².